The number of benzene rings is 1. The molecule has 144 valence electrons. The lowest BCUT2D eigenvalue weighted by Gasteiger charge is -2.16. The minimum absolute atomic E-state index is 0.116. The molecule has 3 rings (SSSR count). The molecule has 0 aliphatic carbocycles. The molecule has 0 aliphatic rings. The molecule has 11 nitrogen and oxygen atoms in total. The van der Waals surface area contributed by atoms with Crippen LogP contribution in [0.1, 0.15) is 13.0 Å². The number of aromatic nitrogens is 4. The highest BCUT2D eigenvalue weighted by Gasteiger charge is 2.21. The Kier molecular flexibility index (Phi) is 5.16. The summed E-state index contributed by atoms with van der Waals surface area (Å²) in [6.07, 6.45) is 3.21. The van der Waals surface area contributed by atoms with Crippen molar-refractivity contribution in [2.75, 3.05) is 12.4 Å². The predicted octanol–water partition coefficient (Wildman–Crippen LogP) is 1.55. The number of anilines is 1. The van der Waals surface area contributed by atoms with Gasteiger partial charge in [0.25, 0.3) is 11.2 Å². The molecule has 0 spiro atoms. The van der Waals surface area contributed by atoms with Gasteiger partial charge in [-0.2, -0.15) is 5.10 Å². The minimum atomic E-state index is -0.994. The van der Waals surface area contributed by atoms with Crippen molar-refractivity contribution in [2.45, 2.75) is 13.0 Å². The first-order valence-corrected chi connectivity index (χ1v) is 8.14. The van der Waals surface area contributed by atoms with Crippen molar-refractivity contribution in [1.82, 2.24) is 19.6 Å². The van der Waals surface area contributed by atoms with Crippen molar-refractivity contribution in [3.05, 3.63) is 69.3 Å². The number of nitro groups is 1. The fraction of sp³-hybridized carbons (Fsp3) is 0.176. The van der Waals surface area contributed by atoms with Gasteiger partial charge in [0.15, 0.2) is 5.82 Å². The fourth-order valence-corrected chi connectivity index (χ4v) is 2.47. The average molecular weight is 384 g/mol. The van der Waals surface area contributed by atoms with Gasteiger partial charge in [-0.1, -0.05) is 0 Å². The first kappa shape index (κ1) is 18.8. The molecule has 1 N–H and O–H groups in total. The van der Waals surface area contributed by atoms with Gasteiger partial charge in [0, 0.05) is 30.6 Å². The largest absolute Gasteiger partial charge is 0.495 e. The number of hydrogen-bond donors (Lipinski definition) is 1. The van der Waals surface area contributed by atoms with E-state index in [1.54, 1.807) is 18.5 Å². The van der Waals surface area contributed by atoms with Gasteiger partial charge in [-0.25, -0.2) is 9.36 Å². The number of nitrogens with zero attached hydrogens (tertiary/aromatic N) is 5. The molecule has 0 aliphatic heterocycles. The number of methoxy groups -OCH3 is 1. The van der Waals surface area contributed by atoms with Crippen LogP contribution in [0.2, 0.25) is 0 Å². The number of nitro benzene ring substituents is 1. The molecule has 1 aromatic carbocycles. The molecule has 1 atom stereocenters. The number of nitrogens with one attached hydrogen (secondary N) is 1. The van der Waals surface area contributed by atoms with E-state index in [-0.39, 0.29) is 17.1 Å². The molecule has 1 unspecified atom stereocenters. The summed E-state index contributed by atoms with van der Waals surface area (Å²) in [6.45, 7) is 1.49. The number of amides is 1. The number of carbonyl (C=O) groups is 1. The maximum atomic E-state index is 12.7. The quantitative estimate of drug-likeness (QED) is 0.503. The average Bonchev–Trinajstić information content (AvgIpc) is 3.22. The molecule has 1 amide bonds. The summed E-state index contributed by atoms with van der Waals surface area (Å²) < 4.78 is 7.58. The van der Waals surface area contributed by atoms with Crippen LogP contribution in [0.5, 0.6) is 5.75 Å². The number of hydrogen-bond acceptors (Lipinski definition) is 7. The lowest BCUT2D eigenvalue weighted by Crippen LogP contribution is -2.33. The smallest absolute Gasteiger partial charge is 0.271 e. The second-order valence-corrected chi connectivity index (χ2v) is 5.73. The van der Waals surface area contributed by atoms with E-state index in [9.17, 15) is 19.7 Å². The molecule has 0 saturated heterocycles. The molecular formula is C17H16N6O5. The normalized spacial score (nSPS) is 11.6. The van der Waals surface area contributed by atoms with Crippen LogP contribution < -0.4 is 15.6 Å². The van der Waals surface area contributed by atoms with Crippen LogP contribution in [0, 0.1) is 10.1 Å². The van der Waals surface area contributed by atoms with Gasteiger partial charge in [0.2, 0.25) is 5.91 Å². The molecule has 0 bridgehead atoms. The molecular weight excluding hydrogens is 368 g/mol. The van der Waals surface area contributed by atoms with Crippen molar-refractivity contribution in [3.8, 4) is 11.6 Å². The summed E-state index contributed by atoms with van der Waals surface area (Å²) in [5.41, 5.74) is -0.575. The highest BCUT2D eigenvalue weighted by atomic mass is 16.6. The van der Waals surface area contributed by atoms with Crippen LogP contribution in [-0.4, -0.2) is 37.5 Å². The summed E-state index contributed by atoms with van der Waals surface area (Å²) in [5, 5.41) is 21.7. The van der Waals surface area contributed by atoms with E-state index in [4.69, 9.17) is 4.74 Å². The minimum Gasteiger partial charge on any atom is -0.495 e. The zero-order valence-corrected chi connectivity index (χ0v) is 15.0. The molecule has 3 aromatic rings. The summed E-state index contributed by atoms with van der Waals surface area (Å²) in [7, 11) is 1.37. The summed E-state index contributed by atoms with van der Waals surface area (Å²) in [4.78, 5) is 35.2. The van der Waals surface area contributed by atoms with Crippen LogP contribution in [0.25, 0.3) is 5.82 Å². The topological polar surface area (TPSA) is 134 Å². The van der Waals surface area contributed by atoms with Crippen molar-refractivity contribution in [3.63, 3.8) is 0 Å². The number of ether oxygens (including phenoxy) is 1. The monoisotopic (exact) mass is 384 g/mol. The highest BCUT2D eigenvalue weighted by molar-refractivity contribution is 5.95. The Balaban J connectivity index is 1.90. The Morgan fingerprint density at radius 2 is 2.11 bits per heavy atom. The summed E-state index contributed by atoms with van der Waals surface area (Å²) >= 11 is 0. The first-order chi connectivity index (χ1) is 13.4. The van der Waals surface area contributed by atoms with E-state index in [1.807, 2.05) is 0 Å². The maximum Gasteiger partial charge on any atom is 0.271 e. The zero-order valence-electron chi connectivity index (χ0n) is 15.0. The number of carbonyl (C=O) groups excluding carboxylic acids is 1. The Morgan fingerprint density at radius 3 is 2.75 bits per heavy atom. The van der Waals surface area contributed by atoms with E-state index < -0.39 is 22.4 Å². The second-order valence-electron chi connectivity index (χ2n) is 5.73. The van der Waals surface area contributed by atoms with Crippen molar-refractivity contribution >= 4 is 17.3 Å². The first-order valence-electron chi connectivity index (χ1n) is 8.14. The Hall–Kier alpha value is -4.02. The van der Waals surface area contributed by atoms with Crippen molar-refractivity contribution in [1.29, 1.82) is 0 Å². The second kappa shape index (κ2) is 7.70. The number of non-ortho nitro benzene ring substituents is 1. The Morgan fingerprint density at radius 1 is 1.32 bits per heavy atom. The van der Waals surface area contributed by atoms with Crippen LogP contribution >= 0.6 is 0 Å². The van der Waals surface area contributed by atoms with Gasteiger partial charge in [-0.15, -0.1) is 5.10 Å². The molecule has 0 fully saturated rings. The molecule has 2 heterocycles. The summed E-state index contributed by atoms with van der Waals surface area (Å²) in [5.74, 6) is 0.0138. The van der Waals surface area contributed by atoms with Crippen LogP contribution in [0.3, 0.4) is 0 Å². The van der Waals surface area contributed by atoms with Crippen LogP contribution in [0.4, 0.5) is 11.4 Å². The van der Waals surface area contributed by atoms with Crippen molar-refractivity contribution < 1.29 is 14.5 Å². The predicted molar refractivity (Wildman–Crippen MR) is 98.6 cm³/mol. The van der Waals surface area contributed by atoms with Crippen LogP contribution in [0.15, 0.2) is 53.6 Å². The SMILES string of the molecule is COc1ccc([N+](=O)[O-])cc1NC(=O)C(C)n1nc(-n2cccn2)ccc1=O. The van der Waals surface area contributed by atoms with E-state index in [0.29, 0.717) is 5.82 Å². The Bertz CT molecular complexity index is 1080. The third-order valence-corrected chi connectivity index (χ3v) is 3.95. The van der Waals surface area contributed by atoms with Gasteiger partial charge in [0.1, 0.15) is 11.8 Å². The molecule has 0 saturated carbocycles. The van der Waals surface area contributed by atoms with Crippen LogP contribution in [-0.2, 0) is 4.79 Å². The van der Waals surface area contributed by atoms with Gasteiger partial charge >= 0.3 is 0 Å². The van der Waals surface area contributed by atoms with Gasteiger partial charge < -0.3 is 10.1 Å². The van der Waals surface area contributed by atoms with Gasteiger partial charge in [-0.3, -0.25) is 19.7 Å². The van der Waals surface area contributed by atoms with E-state index >= 15 is 0 Å². The number of rotatable bonds is 6. The molecule has 28 heavy (non-hydrogen) atoms. The molecule has 11 heteroatoms. The molecule has 0 radical (unpaired) electrons. The lowest BCUT2D eigenvalue weighted by molar-refractivity contribution is -0.384. The van der Waals surface area contributed by atoms with E-state index in [1.165, 1.54) is 49.0 Å². The highest BCUT2D eigenvalue weighted by Crippen LogP contribution is 2.29. The van der Waals surface area contributed by atoms with E-state index in [2.05, 4.69) is 15.5 Å². The van der Waals surface area contributed by atoms with Gasteiger partial charge in [-0.05, 0) is 25.1 Å². The summed E-state index contributed by atoms with van der Waals surface area (Å²) in [6, 6.07) is 7.29. The maximum absolute atomic E-state index is 12.7. The Labute approximate surface area is 158 Å². The standard InChI is InChI=1S/C17H16N6O5/c1-11(22-16(24)7-6-15(20-22)21-9-3-8-18-21)17(25)19-13-10-12(23(26)27)4-5-14(13)28-2/h3-11H,1-2H3,(H,19,25). The third kappa shape index (κ3) is 3.72. The fourth-order valence-electron chi connectivity index (χ4n) is 2.47. The van der Waals surface area contributed by atoms with Crippen molar-refractivity contribution in [2.24, 2.45) is 0 Å². The molecule has 2 aromatic heterocycles. The van der Waals surface area contributed by atoms with E-state index in [0.717, 1.165) is 4.68 Å². The zero-order chi connectivity index (χ0) is 20.3. The van der Waals surface area contributed by atoms with Gasteiger partial charge in [0.05, 0.1) is 17.7 Å². The third-order valence-electron chi connectivity index (χ3n) is 3.95. The lowest BCUT2D eigenvalue weighted by atomic mass is 10.2.